The lowest BCUT2D eigenvalue weighted by atomic mass is 9.99. The molecule has 1 fully saturated rings. The molecule has 0 spiro atoms. The zero-order valence-corrected chi connectivity index (χ0v) is 38.4. The maximum atomic E-state index is 12.8. The molecule has 0 aromatic carbocycles. The van der Waals surface area contributed by atoms with Gasteiger partial charge in [-0.3, -0.25) is 9.35 Å². The summed E-state index contributed by atoms with van der Waals surface area (Å²) in [6.45, 7) is 4.04. The minimum absolute atomic E-state index is 0.0448. The van der Waals surface area contributed by atoms with Crippen LogP contribution in [0.4, 0.5) is 0 Å². The molecule has 4 N–H and O–H groups in total. The van der Waals surface area contributed by atoms with Crippen molar-refractivity contribution < 1.29 is 56.2 Å². The summed E-state index contributed by atoms with van der Waals surface area (Å²) in [5.74, 6) is -0.393. The van der Waals surface area contributed by atoms with Crippen LogP contribution in [0.3, 0.4) is 0 Å². The summed E-state index contributed by atoms with van der Waals surface area (Å²) in [5, 5.41) is 30.7. The van der Waals surface area contributed by atoms with Crippen molar-refractivity contribution in [3.05, 3.63) is 0 Å². The molecular formula is C46H90O12S. The van der Waals surface area contributed by atoms with E-state index < -0.39 is 59.8 Å². The van der Waals surface area contributed by atoms with Crippen LogP contribution in [0.15, 0.2) is 0 Å². The molecule has 6 unspecified atom stereocenters. The maximum Gasteiger partial charge on any atom is 0.397 e. The molecule has 0 aliphatic carbocycles. The Morgan fingerprint density at radius 2 is 0.966 bits per heavy atom. The Balaban J connectivity index is 2.36. The van der Waals surface area contributed by atoms with Crippen LogP contribution >= 0.6 is 0 Å². The summed E-state index contributed by atoms with van der Waals surface area (Å²) < 4.78 is 59.1. The van der Waals surface area contributed by atoms with Gasteiger partial charge in [0, 0.05) is 13.0 Å². The largest absolute Gasteiger partial charge is 0.457 e. The number of hydrogen-bond acceptors (Lipinski definition) is 11. The third-order valence-electron chi connectivity index (χ3n) is 11.5. The fourth-order valence-electron chi connectivity index (χ4n) is 7.79. The summed E-state index contributed by atoms with van der Waals surface area (Å²) >= 11 is 0. The zero-order valence-electron chi connectivity index (χ0n) is 37.6. The molecule has 6 atom stereocenters. The minimum Gasteiger partial charge on any atom is -0.457 e. The van der Waals surface area contributed by atoms with Gasteiger partial charge in [-0.2, -0.15) is 8.42 Å². The maximum absolute atomic E-state index is 12.8. The second-order valence-electron chi connectivity index (χ2n) is 17.1. The van der Waals surface area contributed by atoms with E-state index in [1.54, 1.807) is 0 Å². The first-order valence-electron chi connectivity index (χ1n) is 24.3. The number of carbonyl (C=O) groups excluding carboxylic acids is 1. The molecule has 1 aliphatic rings. The van der Waals surface area contributed by atoms with Crippen LogP contribution in [0.1, 0.15) is 226 Å². The Bertz CT molecular complexity index is 1050. The van der Waals surface area contributed by atoms with Crippen LogP contribution < -0.4 is 0 Å². The predicted molar refractivity (Wildman–Crippen MR) is 235 cm³/mol. The lowest BCUT2D eigenvalue weighted by molar-refractivity contribution is -0.301. The van der Waals surface area contributed by atoms with E-state index in [0.717, 1.165) is 38.5 Å². The van der Waals surface area contributed by atoms with Gasteiger partial charge in [0.05, 0.1) is 19.8 Å². The number of aliphatic hydroxyl groups excluding tert-OH is 3. The van der Waals surface area contributed by atoms with Gasteiger partial charge in [-0.15, -0.1) is 0 Å². The second kappa shape index (κ2) is 38.7. The first kappa shape index (κ1) is 56.1. The average Bonchev–Trinajstić information content (AvgIpc) is 3.20. The number of unbranched alkanes of at least 4 members (excludes halogenated alkanes) is 30. The highest BCUT2D eigenvalue weighted by Crippen LogP contribution is 2.26. The van der Waals surface area contributed by atoms with Crippen molar-refractivity contribution in [2.24, 2.45) is 0 Å². The van der Waals surface area contributed by atoms with E-state index in [4.69, 9.17) is 23.5 Å². The average molecular weight is 867 g/mol. The van der Waals surface area contributed by atoms with Crippen molar-refractivity contribution in [2.45, 2.75) is 263 Å². The molecule has 0 bridgehead atoms. The molecule has 12 nitrogen and oxygen atoms in total. The summed E-state index contributed by atoms with van der Waals surface area (Å²) in [5.41, 5.74) is 0. The smallest absolute Gasteiger partial charge is 0.397 e. The highest BCUT2D eigenvalue weighted by molar-refractivity contribution is 7.80. The highest BCUT2D eigenvalue weighted by Gasteiger charge is 2.48. The van der Waals surface area contributed by atoms with Gasteiger partial charge in [-0.05, 0) is 12.8 Å². The van der Waals surface area contributed by atoms with Gasteiger partial charge < -0.3 is 34.3 Å². The van der Waals surface area contributed by atoms with E-state index in [9.17, 15) is 28.5 Å². The van der Waals surface area contributed by atoms with Crippen molar-refractivity contribution in [3.63, 3.8) is 0 Å². The Morgan fingerprint density at radius 1 is 0.576 bits per heavy atom. The van der Waals surface area contributed by atoms with Gasteiger partial charge in [0.25, 0.3) is 0 Å². The third-order valence-corrected chi connectivity index (χ3v) is 11.9. The van der Waals surface area contributed by atoms with Gasteiger partial charge in [0.2, 0.25) is 0 Å². The highest BCUT2D eigenvalue weighted by atomic mass is 32.3. The van der Waals surface area contributed by atoms with E-state index in [1.807, 2.05) is 0 Å². The van der Waals surface area contributed by atoms with Gasteiger partial charge >= 0.3 is 16.4 Å². The normalized spacial score (nSPS) is 20.3. The van der Waals surface area contributed by atoms with Gasteiger partial charge in [0.15, 0.2) is 6.29 Å². The van der Waals surface area contributed by atoms with Crippen molar-refractivity contribution in [2.75, 3.05) is 26.4 Å². The van der Waals surface area contributed by atoms with Crippen molar-refractivity contribution in [3.8, 4) is 0 Å². The monoisotopic (exact) mass is 867 g/mol. The molecule has 0 radical (unpaired) electrons. The van der Waals surface area contributed by atoms with Crippen LogP contribution in [0.5, 0.6) is 0 Å². The molecule has 0 aromatic rings. The van der Waals surface area contributed by atoms with E-state index in [-0.39, 0.29) is 19.6 Å². The first-order valence-corrected chi connectivity index (χ1v) is 25.7. The SMILES string of the molecule is CCCCCCCCCCCCCCCCCCCCCOCC(COC1OC(CO)C(O)C(OS(=O)(=O)O)C1O)OC(=O)CCCCCCCCCCCCCCC. The van der Waals surface area contributed by atoms with Crippen LogP contribution in [0.25, 0.3) is 0 Å². The molecule has 1 aliphatic heterocycles. The molecule has 1 saturated heterocycles. The van der Waals surface area contributed by atoms with Gasteiger partial charge in [0.1, 0.15) is 30.5 Å². The molecule has 13 heteroatoms. The van der Waals surface area contributed by atoms with E-state index >= 15 is 0 Å². The molecule has 59 heavy (non-hydrogen) atoms. The second-order valence-corrected chi connectivity index (χ2v) is 18.1. The Morgan fingerprint density at radius 3 is 1.36 bits per heavy atom. The van der Waals surface area contributed by atoms with E-state index in [2.05, 4.69) is 18.0 Å². The van der Waals surface area contributed by atoms with Crippen LogP contribution in [-0.4, -0.2) is 97.5 Å². The first-order chi connectivity index (χ1) is 28.6. The number of hydrogen-bond donors (Lipinski definition) is 4. The lowest BCUT2D eigenvalue weighted by Crippen LogP contribution is -2.60. The summed E-state index contributed by atoms with van der Waals surface area (Å²) in [6.07, 6.45) is 31.4. The Kier molecular flexibility index (Phi) is 36.9. The van der Waals surface area contributed by atoms with E-state index in [0.29, 0.717) is 13.0 Å². The molecule has 1 heterocycles. The van der Waals surface area contributed by atoms with Crippen molar-refractivity contribution in [1.29, 1.82) is 0 Å². The molecule has 0 aromatic heterocycles. The summed E-state index contributed by atoms with van der Waals surface area (Å²) in [7, 11) is -5.06. The molecular weight excluding hydrogens is 777 g/mol. The van der Waals surface area contributed by atoms with Gasteiger partial charge in [-0.1, -0.05) is 206 Å². The van der Waals surface area contributed by atoms with Crippen LogP contribution in [0.2, 0.25) is 0 Å². The zero-order chi connectivity index (χ0) is 43.2. The van der Waals surface area contributed by atoms with Crippen molar-refractivity contribution >= 4 is 16.4 Å². The van der Waals surface area contributed by atoms with Crippen LogP contribution in [0, 0.1) is 0 Å². The molecule has 0 amide bonds. The standard InChI is InChI=1S/C46H90O12S/c1-3-5-7-9-11-13-15-17-18-19-20-21-22-24-26-28-30-32-34-36-54-38-40(39-55-46-44(50)45(58-59(51,52)53)43(49)41(37-47)57-46)56-42(48)35-33-31-29-27-25-23-16-14-12-10-8-6-4-2/h40-41,43-47,49-50H,3-39H2,1-2H3,(H,51,52,53). The Labute approximate surface area is 360 Å². The van der Waals surface area contributed by atoms with Crippen LogP contribution in [-0.2, 0) is 38.3 Å². The number of carbonyl (C=O) groups is 1. The molecule has 1 rings (SSSR count). The molecule has 352 valence electrons. The fraction of sp³-hybridized carbons (Fsp3) is 0.978. The number of ether oxygens (including phenoxy) is 4. The number of aliphatic hydroxyl groups is 3. The number of esters is 1. The van der Waals surface area contributed by atoms with Gasteiger partial charge in [-0.25, -0.2) is 4.18 Å². The number of rotatable bonds is 43. The molecule has 0 saturated carbocycles. The lowest BCUT2D eigenvalue weighted by Gasteiger charge is -2.41. The van der Waals surface area contributed by atoms with E-state index in [1.165, 1.54) is 161 Å². The quantitative estimate of drug-likeness (QED) is 0.0259. The fourth-order valence-corrected chi connectivity index (χ4v) is 8.30. The summed E-state index contributed by atoms with van der Waals surface area (Å²) in [6, 6.07) is 0. The van der Waals surface area contributed by atoms with Crippen molar-refractivity contribution in [1.82, 2.24) is 0 Å². The summed E-state index contributed by atoms with van der Waals surface area (Å²) in [4.78, 5) is 12.8. The third kappa shape index (κ3) is 32.4. The minimum atomic E-state index is -5.06. The predicted octanol–water partition coefficient (Wildman–Crippen LogP) is 10.5. The Hall–Kier alpha value is -0.900. The topological polar surface area (TPSA) is 178 Å².